The first-order chi connectivity index (χ1) is 11.8. The fourth-order valence-electron chi connectivity index (χ4n) is 3.79. The molecular formula is C18H32IN5O. The molecule has 7 heteroatoms. The molecule has 0 radical (unpaired) electrons. The van der Waals surface area contributed by atoms with Gasteiger partial charge in [-0.2, -0.15) is 0 Å². The molecule has 25 heavy (non-hydrogen) atoms. The van der Waals surface area contributed by atoms with E-state index in [0.717, 1.165) is 42.8 Å². The van der Waals surface area contributed by atoms with Gasteiger partial charge in [0.2, 0.25) is 0 Å². The van der Waals surface area contributed by atoms with Gasteiger partial charge in [0.15, 0.2) is 11.7 Å². The molecule has 3 rings (SSSR count). The van der Waals surface area contributed by atoms with Crippen LogP contribution in [0.3, 0.4) is 0 Å². The minimum Gasteiger partial charge on any atom is -0.359 e. The molecule has 1 atom stereocenters. The summed E-state index contributed by atoms with van der Waals surface area (Å²) in [5.74, 6) is 2.61. The van der Waals surface area contributed by atoms with E-state index in [-0.39, 0.29) is 24.0 Å². The molecule has 2 aliphatic rings. The summed E-state index contributed by atoms with van der Waals surface area (Å²) in [5.41, 5.74) is 1.00. The second-order valence-corrected chi connectivity index (χ2v) is 7.00. The maximum Gasteiger partial charge on any atom is 0.194 e. The molecule has 6 nitrogen and oxygen atoms in total. The lowest BCUT2D eigenvalue weighted by molar-refractivity contribution is 0.198. The Kier molecular flexibility index (Phi) is 8.48. The Balaban J connectivity index is 0.00000225. The van der Waals surface area contributed by atoms with Gasteiger partial charge in [0.1, 0.15) is 0 Å². The van der Waals surface area contributed by atoms with Gasteiger partial charge in [-0.1, -0.05) is 18.5 Å². The van der Waals surface area contributed by atoms with Crippen LogP contribution < -0.4 is 5.32 Å². The van der Waals surface area contributed by atoms with Crippen molar-refractivity contribution in [2.24, 2.45) is 10.9 Å². The zero-order valence-corrected chi connectivity index (χ0v) is 17.9. The highest BCUT2D eigenvalue weighted by molar-refractivity contribution is 14.0. The summed E-state index contributed by atoms with van der Waals surface area (Å²) >= 11 is 0. The van der Waals surface area contributed by atoms with E-state index in [1.807, 2.05) is 13.1 Å². The molecule has 1 aromatic heterocycles. The number of guanidine groups is 1. The highest BCUT2D eigenvalue weighted by Crippen LogP contribution is 2.20. The summed E-state index contributed by atoms with van der Waals surface area (Å²) in [4.78, 5) is 9.48. The third-order valence-corrected chi connectivity index (χ3v) is 5.15. The van der Waals surface area contributed by atoms with E-state index in [1.165, 1.54) is 45.3 Å². The number of hydrogen-bond donors (Lipinski definition) is 1. The fourth-order valence-corrected chi connectivity index (χ4v) is 3.79. The second-order valence-electron chi connectivity index (χ2n) is 7.00. The maximum absolute atomic E-state index is 5.34. The molecule has 2 aliphatic heterocycles. The van der Waals surface area contributed by atoms with Crippen LogP contribution in [0.1, 0.15) is 44.1 Å². The van der Waals surface area contributed by atoms with Crippen LogP contribution in [0.5, 0.6) is 0 Å². The number of nitrogens with zero attached hydrogens (tertiary/aromatic N) is 4. The first kappa shape index (κ1) is 20.5. The molecular weight excluding hydrogens is 429 g/mol. The van der Waals surface area contributed by atoms with Gasteiger partial charge in [-0.25, -0.2) is 0 Å². The number of aromatic nitrogens is 1. The number of aliphatic imine (C=N–C) groups is 1. The Morgan fingerprint density at radius 2 is 2.12 bits per heavy atom. The number of aryl methyl sites for hydroxylation is 1. The van der Waals surface area contributed by atoms with E-state index in [4.69, 9.17) is 4.52 Å². The first-order valence-corrected chi connectivity index (χ1v) is 9.41. The van der Waals surface area contributed by atoms with E-state index in [0.29, 0.717) is 6.54 Å². The van der Waals surface area contributed by atoms with Crippen molar-refractivity contribution in [3.63, 3.8) is 0 Å². The number of nitrogens with one attached hydrogen (secondary N) is 1. The fraction of sp³-hybridized carbons (Fsp3) is 0.778. The van der Waals surface area contributed by atoms with Crippen molar-refractivity contribution in [1.82, 2.24) is 20.3 Å². The number of likely N-dealkylation sites (tertiary alicyclic amines) is 2. The van der Waals surface area contributed by atoms with Gasteiger partial charge in [-0.15, -0.1) is 24.0 Å². The van der Waals surface area contributed by atoms with Crippen LogP contribution >= 0.6 is 24.0 Å². The van der Waals surface area contributed by atoms with Gasteiger partial charge < -0.3 is 19.6 Å². The van der Waals surface area contributed by atoms with E-state index < -0.39 is 0 Å². The van der Waals surface area contributed by atoms with Gasteiger partial charge >= 0.3 is 0 Å². The molecule has 3 heterocycles. The molecule has 0 amide bonds. The lowest BCUT2D eigenvalue weighted by atomic mass is 10.1. The third kappa shape index (κ3) is 5.84. The van der Waals surface area contributed by atoms with Gasteiger partial charge in [0.25, 0.3) is 0 Å². The van der Waals surface area contributed by atoms with Crippen LogP contribution in [0, 0.1) is 5.92 Å². The maximum atomic E-state index is 5.34. The quantitative estimate of drug-likeness (QED) is 0.415. The topological polar surface area (TPSA) is 56.9 Å². The van der Waals surface area contributed by atoms with Gasteiger partial charge in [-0.3, -0.25) is 4.99 Å². The van der Waals surface area contributed by atoms with Crippen LogP contribution in [0.15, 0.2) is 15.6 Å². The summed E-state index contributed by atoms with van der Waals surface area (Å²) in [5, 5.41) is 7.46. The SMILES string of the molecule is CCc1cc(CNC(=NC)N2CCC(CN3CCCCC3)C2)on1.I. The predicted molar refractivity (Wildman–Crippen MR) is 111 cm³/mol. The molecule has 0 aromatic carbocycles. The Morgan fingerprint density at radius 1 is 1.32 bits per heavy atom. The zero-order valence-electron chi connectivity index (χ0n) is 15.5. The van der Waals surface area contributed by atoms with Crippen molar-refractivity contribution in [3.05, 3.63) is 17.5 Å². The van der Waals surface area contributed by atoms with Crippen LogP contribution in [-0.2, 0) is 13.0 Å². The molecule has 2 fully saturated rings. The minimum atomic E-state index is 0. The Labute approximate surface area is 168 Å². The number of rotatable bonds is 5. The van der Waals surface area contributed by atoms with E-state index in [1.54, 1.807) is 0 Å². The molecule has 0 spiro atoms. The molecule has 142 valence electrons. The summed E-state index contributed by atoms with van der Waals surface area (Å²) < 4.78 is 5.34. The Morgan fingerprint density at radius 3 is 2.80 bits per heavy atom. The smallest absolute Gasteiger partial charge is 0.194 e. The average molecular weight is 461 g/mol. The first-order valence-electron chi connectivity index (χ1n) is 9.41. The van der Waals surface area contributed by atoms with Crippen molar-refractivity contribution < 1.29 is 4.52 Å². The highest BCUT2D eigenvalue weighted by atomic mass is 127. The molecule has 2 saturated heterocycles. The number of halogens is 1. The largest absolute Gasteiger partial charge is 0.359 e. The molecule has 0 aliphatic carbocycles. The van der Waals surface area contributed by atoms with Crippen molar-refractivity contribution in [2.45, 2.75) is 45.6 Å². The summed E-state index contributed by atoms with van der Waals surface area (Å²) in [7, 11) is 1.86. The predicted octanol–water partition coefficient (Wildman–Crippen LogP) is 2.74. The molecule has 1 aromatic rings. The van der Waals surface area contributed by atoms with Gasteiger partial charge in [-0.05, 0) is 44.7 Å². The van der Waals surface area contributed by atoms with E-state index >= 15 is 0 Å². The summed E-state index contributed by atoms with van der Waals surface area (Å²) in [6.07, 6.45) is 6.32. The number of piperidine rings is 1. The molecule has 0 bridgehead atoms. The van der Waals surface area contributed by atoms with Crippen LogP contribution in [-0.4, -0.2) is 60.7 Å². The number of hydrogen-bond acceptors (Lipinski definition) is 4. The second kappa shape index (κ2) is 10.4. The van der Waals surface area contributed by atoms with Crippen molar-refractivity contribution >= 4 is 29.9 Å². The lowest BCUT2D eigenvalue weighted by Crippen LogP contribution is -2.40. The standard InChI is InChI=1S/C18H31N5O.HI/c1-3-16-11-17(24-21-16)12-20-18(19-2)23-10-7-15(14-23)13-22-8-5-4-6-9-22;/h11,15H,3-10,12-14H2,1-2H3,(H,19,20);1H. The monoisotopic (exact) mass is 461 g/mol. The normalized spacial score (nSPS) is 22.1. The van der Waals surface area contributed by atoms with Crippen LogP contribution in [0.2, 0.25) is 0 Å². The van der Waals surface area contributed by atoms with Crippen LogP contribution in [0.25, 0.3) is 0 Å². The Bertz CT molecular complexity index is 541. The lowest BCUT2D eigenvalue weighted by Gasteiger charge is -2.29. The van der Waals surface area contributed by atoms with Gasteiger partial charge in [0.05, 0.1) is 12.2 Å². The molecule has 0 saturated carbocycles. The van der Waals surface area contributed by atoms with E-state index in [2.05, 4.69) is 32.2 Å². The summed E-state index contributed by atoms with van der Waals surface area (Å²) in [6, 6.07) is 2.02. The summed E-state index contributed by atoms with van der Waals surface area (Å²) in [6.45, 7) is 8.74. The van der Waals surface area contributed by atoms with Gasteiger partial charge in [0, 0.05) is 32.7 Å². The molecule has 1 unspecified atom stereocenters. The van der Waals surface area contributed by atoms with Crippen molar-refractivity contribution in [1.29, 1.82) is 0 Å². The van der Waals surface area contributed by atoms with E-state index in [9.17, 15) is 0 Å². The van der Waals surface area contributed by atoms with Crippen molar-refractivity contribution in [3.8, 4) is 0 Å². The molecule has 1 N–H and O–H groups in total. The average Bonchev–Trinajstić information content (AvgIpc) is 3.26. The minimum absolute atomic E-state index is 0. The highest BCUT2D eigenvalue weighted by Gasteiger charge is 2.27. The third-order valence-electron chi connectivity index (χ3n) is 5.15. The zero-order chi connectivity index (χ0) is 16.8. The van der Waals surface area contributed by atoms with Crippen molar-refractivity contribution in [2.75, 3.05) is 39.8 Å². The Hall–Kier alpha value is -0.830. The van der Waals surface area contributed by atoms with Crippen LogP contribution in [0.4, 0.5) is 0 Å².